The summed E-state index contributed by atoms with van der Waals surface area (Å²) >= 11 is 0. The number of hydrogen-bond donors (Lipinski definition) is 1. The van der Waals surface area contributed by atoms with Gasteiger partial charge in [-0.3, -0.25) is 14.0 Å². The van der Waals surface area contributed by atoms with Gasteiger partial charge in [-0.25, -0.2) is 4.98 Å². The van der Waals surface area contributed by atoms with E-state index in [2.05, 4.69) is 10.3 Å². The van der Waals surface area contributed by atoms with Crippen LogP contribution in [-0.4, -0.2) is 15.3 Å². The van der Waals surface area contributed by atoms with Gasteiger partial charge in [-0.2, -0.15) is 0 Å². The van der Waals surface area contributed by atoms with Crippen LogP contribution in [-0.2, 0) is 0 Å². The second-order valence-electron chi connectivity index (χ2n) is 6.71. The first-order valence-corrected chi connectivity index (χ1v) is 8.99. The Morgan fingerprint density at radius 3 is 2.29 bits per heavy atom. The van der Waals surface area contributed by atoms with Crippen LogP contribution >= 0.6 is 0 Å². The number of aryl methyl sites for hydroxylation is 2. The van der Waals surface area contributed by atoms with Gasteiger partial charge < -0.3 is 5.32 Å². The molecule has 0 saturated carbocycles. The minimum absolute atomic E-state index is 0.195. The summed E-state index contributed by atoms with van der Waals surface area (Å²) < 4.78 is 1.45. The van der Waals surface area contributed by atoms with E-state index in [-0.39, 0.29) is 17.2 Å². The maximum atomic E-state index is 12.8. The van der Waals surface area contributed by atoms with Crippen LogP contribution in [0.1, 0.15) is 21.6 Å². The van der Waals surface area contributed by atoms with Crippen LogP contribution in [0.4, 0.5) is 5.69 Å². The molecule has 0 unspecified atom stereocenters. The standard InChI is InChI=1S/C23H19N3O2/c1-15-8-13-20-24-16(2)21(23(28)26(20)14-15)25-22(27)19-11-9-18(10-12-19)17-6-4-3-5-7-17/h3-14H,1-2H3,(H,25,27). The van der Waals surface area contributed by atoms with E-state index in [0.29, 0.717) is 16.9 Å². The molecular weight excluding hydrogens is 350 g/mol. The molecule has 0 radical (unpaired) electrons. The summed E-state index contributed by atoms with van der Waals surface area (Å²) in [6.07, 6.45) is 1.72. The molecule has 1 amide bonds. The molecule has 2 aromatic heterocycles. The van der Waals surface area contributed by atoms with E-state index in [4.69, 9.17) is 0 Å². The second-order valence-corrected chi connectivity index (χ2v) is 6.71. The fourth-order valence-corrected chi connectivity index (χ4v) is 3.13. The van der Waals surface area contributed by atoms with Crippen molar-refractivity contribution in [3.8, 4) is 11.1 Å². The Labute approximate surface area is 162 Å². The fraction of sp³-hybridized carbons (Fsp3) is 0.0870. The highest BCUT2D eigenvalue weighted by molar-refractivity contribution is 6.04. The number of carbonyl (C=O) groups excluding carboxylic acids is 1. The second kappa shape index (κ2) is 7.12. The summed E-state index contributed by atoms with van der Waals surface area (Å²) in [7, 11) is 0. The van der Waals surface area contributed by atoms with E-state index in [1.807, 2.05) is 55.5 Å². The van der Waals surface area contributed by atoms with Crippen LogP contribution in [0.15, 0.2) is 77.7 Å². The minimum Gasteiger partial charge on any atom is -0.316 e. The molecule has 4 aromatic rings. The molecule has 0 aliphatic heterocycles. The van der Waals surface area contributed by atoms with Crippen LogP contribution in [0.3, 0.4) is 0 Å². The Kier molecular flexibility index (Phi) is 4.49. The lowest BCUT2D eigenvalue weighted by Gasteiger charge is -2.10. The third-order valence-electron chi connectivity index (χ3n) is 4.64. The van der Waals surface area contributed by atoms with E-state index in [1.54, 1.807) is 31.3 Å². The molecule has 0 fully saturated rings. The predicted molar refractivity (Wildman–Crippen MR) is 111 cm³/mol. The molecule has 0 aliphatic carbocycles. The molecule has 4 rings (SSSR count). The number of carbonyl (C=O) groups is 1. The largest absolute Gasteiger partial charge is 0.316 e. The molecular formula is C23H19N3O2. The maximum absolute atomic E-state index is 12.8. The van der Waals surface area contributed by atoms with Crippen LogP contribution in [0, 0.1) is 13.8 Å². The Hall–Kier alpha value is -3.73. The smallest absolute Gasteiger partial charge is 0.281 e. The Balaban J connectivity index is 1.64. The summed E-state index contributed by atoms with van der Waals surface area (Å²) in [6, 6.07) is 20.9. The van der Waals surface area contributed by atoms with Gasteiger partial charge in [0.15, 0.2) is 0 Å². The number of hydrogen-bond acceptors (Lipinski definition) is 3. The number of fused-ring (bicyclic) bond motifs is 1. The van der Waals surface area contributed by atoms with Crippen LogP contribution < -0.4 is 10.9 Å². The lowest BCUT2D eigenvalue weighted by molar-refractivity contribution is 0.102. The van der Waals surface area contributed by atoms with Crippen molar-refractivity contribution in [1.82, 2.24) is 9.38 Å². The van der Waals surface area contributed by atoms with E-state index in [1.165, 1.54) is 4.40 Å². The lowest BCUT2D eigenvalue weighted by atomic mass is 10.0. The number of amides is 1. The van der Waals surface area contributed by atoms with Crippen molar-refractivity contribution in [1.29, 1.82) is 0 Å². The molecule has 5 heteroatoms. The lowest BCUT2D eigenvalue weighted by Crippen LogP contribution is -2.25. The highest BCUT2D eigenvalue weighted by Crippen LogP contribution is 2.20. The minimum atomic E-state index is -0.339. The summed E-state index contributed by atoms with van der Waals surface area (Å²) in [6.45, 7) is 3.62. The van der Waals surface area contributed by atoms with Gasteiger partial charge in [-0.1, -0.05) is 48.5 Å². The molecule has 5 nitrogen and oxygen atoms in total. The number of nitrogens with one attached hydrogen (secondary N) is 1. The Morgan fingerprint density at radius 2 is 1.57 bits per heavy atom. The van der Waals surface area contributed by atoms with Gasteiger partial charge in [-0.15, -0.1) is 0 Å². The van der Waals surface area contributed by atoms with Crippen LogP contribution in [0.2, 0.25) is 0 Å². The zero-order valence-electron chi connectivity index (χ0n) is 15.6. The van der Waals surface area contributed by atoms with E-state index in [9.17, 15) is 9.59 Å². The number of nitrogens with zero attached hydrogens (tertiary/aromatic N) is 2. The van der Waals surface area contributed by atoms with Gasteiger partial charge in [0, 0.05) is 11.8 Å². The average Bonchev–Trinajstić information content (AvgIpc) is 2.72. The van der Waals surface area contributed by atoms with Crippen LogP contribution in [0.5, 0.6) is 0 Å². The molecule has 0 saturated heterocycles. The quantitative estimate of drug-likeness (QED) is 0.588. The molecule has 1 N–H and O–H groups in total. The third kappa shape index (κ3) is 3.30. The Bertz CT molecular complexity index is 1230. The average molecular weight is 369 g/mol. The monoisotopic (exact) mass is 369 g/mol. The third-order valence-corrected chi connectivity index (χ3v) is 4.64. The first kappa shape index (κ1) is 17.7. The van der Waals surface area contributed by atoms with E-state index in [0.717, 1.165) is 16.7 Å². The van der Waals surface area contributed by atoms with Crippen molar-refractivity contribution >= 4 is 17.2 Å². The van der Waals surface area contributed by atoms with Gasteiger partial charge in [0.1, 0.15) is 11.3 Å². The van der Waals surface area contributed by atoms with Crippen molar-refractivity contribution in [3.05, 3.63) is 100 Å². The molecule has 0 bridgehead atoms. The number of anilines is 1. The van der Waals surface area contributed by atoms with Crippen molar-refractivity contribution < 1.29 is 4.79 Å². The van der Waals surface area contributed by atoms with Gasteiger partial charge in [-0.05, 0) is 48.7 Å². The Morgan fingerprint density at radius 1 is 0.893 bits per heavy atom. The predicted octanol–water partition coefficient (Wildman–Crippen LogP) is 4.23. The van der Waals surface area contributed by atoms with Crippen molar-refractivity contribution in [3.63, 3.8) is 0 Å². The SMILES string of the molecule is Cc1ccc2nc(C)c(NC(=O)c3ccc(-c4ccccc4)cc3)c(=O)n2c1. The van der Waals surface area contributed by atoms with Gasteiger partial charge in [0.2, 0.25) is 0 Å². The molecule has 0 aliphatic rings. The maximum Gasteiger partial charge on any atom is 0.281 e. The van der Waals surface area contributed by atoms with Gasteiger partial charge in [0.05, 0.1) is 5.69 Å². The number of rotatable bonds is 3. The summed E-state index contributed by atoms with van der Waals surface area (Å²) in [5, 5.41) is 2.73. The number of pyridine rings is 1. The van der Waals surface area contributed by atoms with Crippen molar-refractivity contribution in [2.45, 2.75) is 13.8 Å². The van der Waals surface area contributed by atoms with E-state index >= 15 is 0 Å². The molecule has 0 atom stereocenters. The van der Waals surface area contributed by atoms with Crippen molar-refractivity contribution in [2.24, 2.45) is 0 Å². The molecule has 2 aromatic carbocycles. The number of aromatic nitrogens is 2. The zero-order chi connectivity index (χ0) is 19.7. The topological polar surface area (TPSA) is 63.5 Å². The van der Waals surface area contributed by atoms with Gasteiger partial charge in [0.25, 0.3) is 11.5 Å². The van der Waals surface area contributed by atoms with Gasteiger partial charge >= 0.3 is 0 Å². The first-order chi connectivity index (χ1) is 13.5. The number of benzene rings is 2. The zero-order valence-corrected chi connectivity index (χ0v) is 15.6. The summed E-state index contributed by atoms with van der Waals surface area (Å²) in [5.74, 6) is -0.339. The first-order valence-electron chi connectivity index (χ1n) is 8.99. The van der Waals surface area contributed by atoms with Crippen molar-refractivity contribution in [2.75, 3.05) is 5.32 Å². The highest BCUT2D eigenvalue weighted by Gasteiger charge is 2.14. The van der Waals surface area contributed by atoms with Crippen LogP contribution in [0.25, 0.3) is 16.8 Å². The summed E-state index contributed by atoms with van der Waals surface area (Å²) in [4.78, 5) is 29.9. The normalized spacial score (nSPS) is 10.8. The van der Waals surface area contributed by atoms with E-state index < -0.39 is 0 Å². The molecule has 2 heterocycles. The highest BCUT2D eigenvalue weighted by atomic mass is 16.2. The molecule has 0 spiro atoms. The molecule has 28 heavy (non-hydrogen) atoms. The molecule has 138 valence electrons. The summed E-state index contributed by atoms with van der Waals surface area (Å²) in [5.41, 5.74) is 4.47. The fourth-order valence-electron chi connectivity index (χ4n) is 3.13.